The lowest BCUT2D eigenvalue weighted by Crippen LogP contribution is -2.16. The fraction of sp³-hybridized carbons (Fsp3) is 0.0256. The Bertz CT molecular complexity index is 2550. The van der Waals surface area contributed by atoms with Gasteiger partial charge in [-0.1, -0.05) is 56.1 Å². The number of fused-ring (bicyclic) bond motifs is 2. The number of nitrogens with zero attached hydrogens (tertiary/aromatic N) is 6. The molecule has 8 rings (SSSR count). The summed E-state index contributed by atoms with van der Waals surface area (Å²) in [6.07, 6.45) is -0.850. The van der Waals surface area contributed by atoms with Crippen molar-refractivity contribution in [3.8, 4) is 34.4 Å². The van der Waals surface area contributed by atoms with E-state index in [0.29, 0.717) is 51.2 Å². The number of carbonyl (C=O) groups is 2. The normalized spacial score (nSPS) is 11.1. The van der Waals surface area contributed by atoms with Crippen molar-refractivity contribution in [1.82, 2.24) is 30.0 Å². The van der Waals surface area contributed by atoms with Crippen molar-refractivity contribution in [2.24, 2.45) is 0 Å². The van der Waals surface area contributed by atoms with Gasteiger partial charge in [0.15, 0.2) is 0 Å². The minimum Gasteiger partial charge on any atom is -0.505 e. The number of carbonyl (C=O) groups excluding carboxylic acids is 2. The summed E-state index contributed by atoms with van der Waals surface area (Å²) in [6.45, 7) is 0. The third kappa shape index (κ3) is 8.09. The highest BCUT2D eigenvalue weighted by molar-refractivity contribution is 9.10. The first-order valence-electron chi connectivity index (χ1n) is 16.5. The molecule has 0 aliphatic heterocycles. The van der Waals surface area contributed by atoms with Gasteiger partial charge in [-0.3, -0.25) is 10.6 Å². The molecule has 0 saturated heterocycles. The lowest BCUT2D eigenvalue weighted by Gasteiger charge is -2.10. The molecule has 0 fully saturated rings. The fourth-order valence-electron chi connectivity index (χ4n) is 5.61. The summed E-state index contributed by atoms with van der Waals surface area (Å²) in [5.74, 6) is -0.0387. The van der Waals surface area contributed by atoms with E-state index in [1.165, 1.54) is 33.9 Å². The number of halogens is 2. The van der Waals surface area contributed by atoms with Crippen molar-refractivity contribution in [2.75, 3.05) is 10.6 Å². The number of phenols is 2. The topological polar surface area (TPSA) is 179 Å². The molecule has 8 aromatic rings. The smallest absolute Gasteiger partial charge is 0.417 e. The van der Waals surface area contributed by atoms with Gasteiger partial charge in [-0.25, -0.2) is 9.59 Å². The first-order valence-corrected chi connectivity index (χ1v) is 18.1. The van der Waals surface area contributed by atoms with Crippen molar-refractivity contribution in [3.63, 3.8) is 0 Å². The van der Waals surface area contributed by atoms with Crippen LogP contribution in [0.5, 0.6) is 23.0 Å². The maximum atomic E-state index is 12.6. The van der Waals surface area contributed by atoms with Crippen molar-refractivity contribution in [3.05, 3.63) is 141 Å². The van der Waals surface area contributed by atoms with Crippen LogP contribution in [0.25, 0.3) is 33.4 Å². The molecule has 2 aromatic heterocycles. The molecule has 0 spiro atoms. The van der Waals surface area contributed by atoms with E-state index >= 15 is 0 Å². The Labute approximate surface area is 328 Å². The number of hydrogen-bond acceptors (Lipinski definition) is 10. The van der Waals surface area contributed by atoms with Gasteiger partial charge in [0.25, 0.3) is 0 Å². The third-order valence-corrected chi connectivity index (χ3v) is 9.23. The number of aromatic hydroxyl groups is 2. The van der Waals surface area contributed by atoms with Crippen LogP contribution in [0.3, 0.4) is 0 Å². The Balaban J connectivity index is 0.817. The van der Waals surface area contributed by atoms with Crippen LogP contribution >= 0.6 is 31.9 Å². The standard InChI is InChI=1S/C39H26Br2N8O6/c40-24-5-13-30-32(18-24)46-48(44-30)34-15-11-28(20-36(34)50)54-38(52)42-26-7-1-22(2-8-26)17-23-3-9-27(10-4-23)43-39(53)55-29-12-16-35(37(51)21-29)49-45-31-14-6-25(41)19-33(31)47-49/h1-16,18-21,50-51H,17H2,(H,42,52)(H,43,53). The Kier molecular flexibility index (Phi) is 9.57. The van der Waals surface area contributed by atoms with Gasteiger partial charge in [0.2, 0.25) is 0 Å². The van der Waals surface area contributed by atoms with Gasteiger partial charge in [-0.2, -0.15) is 0 Å². The molecule has 0 aliphatic carbocycles. The van der Waals surface area contributed by atoms with Crippen LogP contribution in [0.2, 0.25) is 0 Å². The summed E-state index contributed by atoms with van der Waals surface area (Å²) >= 11 is 6.82. The number of phenolic OH excluding ortho intramolecular Hbond substituents is 2. The van der Waals surface area contributed by atoms with Crippen LogP contribution in [-0.4, -0.2) is 52.4 Å². The van der Waals surface area contributed by atoms with E-state index in [-0.39, 0.29) is 23.0 Å². The lowest BCUT2D eigenvalue weighted by molar-refractivity contribution is 0.214. The molecule has 0 radical (unpaired) electrons. The van der Waals surface area contributed by atoms with E-state index in [2.05, 4.69) is 62.9 Å². The monoisotopic (exact) mass is 860 g/mol. The Morgan fingerprint density at radius 3 is 1.33 bits per heavy atom. The number of nitrogens with one attached hydrogen (secondary N) is 2. The summed E-state index contributed by atoms with van der Waals surface area (Å²) in [7, 11) is 0. The zero-order valence-electron chi connectivity index (χ0n) is 28.2. The molecule has 0 unspecified atom stereocenters. The maximum Gasteiger partial charge on any atom is 0.417 e. The molecule has 55 heavy (non-hydrogen) atoms. The average Bonchev–Trinajstić information content (AvgIpc) is 3.77. The van der Waals surface area contributed by atoms with Crippen LogP contribution in [0.1, 0.15) is 11.1 Å². The van der Waals surface area contributed by atoms with Crippen molar-refractivity contribution >= 4 is 77.5 Å². The van der Waals surface area contributed by atoms with Crippen LogP contribution in [0, 0.1) is 0 Å². The van der Waals surface area contributed by atoms with E-state index in [9.17, 15) is 19.8 Å². The second kappa shape index (κ2) is 14.9. The molecule has 0 saturated carbocycles. The van der Waals surface area contributed by atoms with Gasteiger partial charge in [0.05, 0.1) is 0 Å². The molecule has 0 aliphatic rings. The Morgan fingerprint density at radius 2 is 0.927 bits per heavy atom. The number of benzene rings is 6. The molecule has 0 atom stereocenters. The number of anilines is 2. The number of aromatic nitrogens is 6. The minimum absolute atomic E-state index is 0.140. The predicted octanol–water partition coefficient (Wildman–Crippen LogP) is 8.90. The highest BCUT2D eigenvalue weighted by Crippen LogP contribution is 2.29. The van der Waals surface area contributed by atoms with E-state index in [4.69, 9.17) is 9.47 Å². The molecule has 272 valence electrons. The maximum absolute atomic E-state index is 12.6. The molecule has 2 heterocycles. The first kappa shape index (κ1) is 35.3. The van der Waals surface area contributed by atoms with E-state index < -0.39 is 12.2 Å². The second-order valence-corrected chi connectivity index (χ2v) is 14.0. The molecule has 14 nitrogen and oxygen atoms in total. The number of amides is 2. The number of ether oxygens (including phenoxy) is 2. The number of rotatable bonds is 8. The van der Waals surface area contributed by atoms with E-state index in [1.54, 1.807) is 36.4 Å². The molecular weight excluding hydrogens is 836 g/mol. The largest absolute Gasteiger partial charge is 0.505 e. The summed E-state index contributed by atoms with van der Waals surface area (Å²) in [5.41, 5.74) is 6.31. The summed E-state index contributed by atoms with van der Waals surface area (Å²) < 4.78 is 12.5. The Morgan fingerprint density at radius 1 is 0.527 bits per heavy atom. The minimum atomic E-state index is -0.725. The Hall–Kier alpha value is -6.78. The highest BCUT2D eigenvalue weighted by atomic mass is 79.9. The zero-order valence-corrected chi connectivity index (χ0v) is 31.4. The molecule has 0 bridgehead atoms. The summed E-state index contributed by atoms with van der Waals surface area (Å²) in [4.78, 5) is 27.8. The van der Waals surface area contributed by atoms with Crippen LogP contribution in [-0.2, 0) is 6.42 Å². The van der Waals surface area contributed by atoms with Crippen molar-refractivity contribution in [1.29, 1.82) is 0 Å². The van der Waals surface area contributed by atoms with Crippen LogP contribution in [0.4, 0.5) is 21.0 Å². The first-order chi connectivity index (χ1) is 26.6. The quantitative estimate of drug-likeness (QED) is 0.115. The van der Waals surface area contributed by atoms with Crippen LogP contribution in [0.15, 0.2) is 130 Å². The molecule has 16 heteroatoms. The van der Waals surface area contributed by atoms with Gasteiger partial charge in [-0.15, -0.1) is 30.0 Å². The van der Waals surface area contributed by atoms with Gasteiger partial charge in [0.1, 0.15) is 56.4 Å². The second-order valence-electron chi connectivity index (χ2n) is 12.1. The molecule has 2 amide bonds. The third-order valence-electron chi connectivity index (χ3n) is 8.24. The zero-order chi connectivity index (χ0) is 38.1. The summed E-state index contributed by atoms with van der Waals surface area (Å²) in [5, 5.41) is 44.1. The highest BCUT2D eigenvalue weighted by Gasteiger charge is 2.15. The van der Waals surface area contributed by atoms with Crippen LogP contribution < -0.4 is 20.1 Å². The van der Waals surface area contributed by atoms with Crippen molar-refractivity contribution < 1.29 is 29.3 Å². The number of hydrogen-bond donors (Lipinski definition) is 4. The average molecular weight is 862 g/mol. The molecule has 6 aromatic carbocycles. The van der Waals surface area contributed by atoms with E-state index in [1.807, 2.05) is 60.7 Å². The fourth-order valence-corrected chi connectivity index (χ4v) is 6.31. The van der Waals surface area contributed by atoms with Gasteiger partial charge < -0.3 is 19.7 Å². The summed E-state index contributed by atoms with van der Waals surface area (Å²) in [6, 6.07) is 34.3. The lowest BCUT2D eigenvalue weighted by atomic mass is 10.0. The molecule has 4 N–H and O–H groups in total. The van der Waals surface area contributed by atoms with Crippen molar-refractivity contribution in [2.45, 2.75) is 6.42 Å². The van der Waals surface area contributed by atoms with Gasteiger partial charge >= 0.3 is 12.2 Å². The van der Waals surface area contributed by atoms with E-state index in [0.717, 1.165) is 20.1 Å². The molecular formula is C39H26Br2N8O6. The predicted molar refractivity (Wildman–Crippen MR) is 211 cm³/mol. The van der Waals surface area contributed by atoms with Gasteiger partial charge in [0, 0.05) is 32.5 Å². The SMILES string of the molecule is O=C(Nc1ccc(Cc2ccc(NC(=O)Oc3ccc(-n4nc5ccc(Br)cc5n4)c(O)c3)cc2)cc1)Oc1ccc(-n2nc3ccc(Br)cc3n2)c(O)c1. The van der Waals surface area contributed by atoms with Gasteiger partial charge in [-0.05, 0) is 102 Å².